The largest absolute Gasteiger partial charge is 0.302 e. The summed E-state index contributed by atoms with van der Waals surface area (Å²) in [5, 5.41) is 6.11. The third kappa shape index (κ3) is 2.28. The van der Waals surface area contributed by atoms with E-state index in [0.29, 0.717) is 0 Å². The summed E-state index contributed by atoms with van der Waals surface area (Å²) in [6.45, 7) is 5.10. The third-order valence-corrected chi connectivity index (χ3v) is 3.80. The van der Waals surface area contributed by atoms with Crippen LogP contribution in [0.3, 0.4) is 0 Å². The van der Waals surface area contributed by atoms with Gasteiger partial charge >= 0.3 is 0 Å². The Labute approximate surface area is 113 Å². The van der Waals surface area contributed by atoms with E-state index >= 15 is 0 Å². The van der Waals surface area contributed by atoms with Crippen LogP contribution in [0, 0.1) is 5.92 Å². The molecule has 1 unspecified atom stereocenters. The highest BCUT2D eigenvalue weighted by Crippen LogP contribution is 2.27. The van der Waals surface area contributed by atoms with Crippen LogP contribution in [0.4, 0.5) is 5.69 Å². The molecule has 0 bridgehead atoms. The Morgan fingerprint density at radius 2 is 2.11 bits per heavy atom. The van der Waals surface area contributed by atoms with E-state index in [9.17, 15) is 4.79 Å². The van der Waals surface area contributed by atoms with Crippen LogP contribution < -0.4 is 5.01 Å². The highest BCUT2D eigenvalue weighted by Gasteiger charge is 2.39. The lowest BCUT2D eigenvalue weighted by Gasteiger charge is -2.29. The van der Waals surface area contributed by atoms with Crippen LogP contribution in [-0.2, 0) is 4.79 Å². The zero-order valence-electron chi connectivity index (χ0n) is 11.2. The summed E-state index contributed by atoms with van der Waals surface area (Å²) < 4.78 is 0. The maximum Gasteiger partial charge on any atom is 0.257 e. The highest BCUT2D eigenvalue weighted by molar-refractivity contribution is 6.16. The first-order valence-electron chi connectivity index (χ1n) is 6.98. The van der Waals surface area contributed by atoms with Gasteiger partial charge in [-0.05, 0) is 25.1 Å². The molecule has 1 amide bonds. The molecule has 1 aromatic carbocycles. The van der Waals surface area contributed by atoms with E-state index in [2.05, 4.69) is 16.9 Å². The van der Waals surface area contributed by atoms with Gasteiger partial charge in [-0.25, -0.2) is 5.01 Å². The number of fused-ring (bicyclic) bond motifs is 1. The maximum atomic E-state index is 12.5. The maximum absolute atomic E-state index is 12.5. The number of rotatable bonds is 3. The van der Waals surface area contributed by atoms with Crippen LogP contribution in [0.5, 0.6) is 0 Å². The number of carbonyl (C=O) groups is 1. The van der Waals surface area contributed by atoms with Crippen LogP contribution in [0.1, 0.15) is 19.8 Å². The molecule has 0 aromatic heterocycles. The standard InChI is InChI=1S/C15H19N3O/c1-2-9-17-10-8-14-13(11-17)15(19)18(16-14)12-6-4-3-5-7-12/h3-7,13H,2,8-11H2,1H3. The summed E-state index contributed by atoms with van der Waals surface area (Å²) in [6, 6.07) is 9.70. The van der Waals surface area contributed by atoms with Crippen LogP contribution in [0.25, 0.3) is 0 Å². The van der Waals surface area contributed by atoms with Crippen molar-refractivity contribution < 1.29 is 4.79 Å². The molecule has 3 rings (SSSR count). The molecular formula is C15H19N3O. The fraction of sp³-hybridized carbons (Fsp3) is 0.467. The number of amides is 1. The van der Waals surface area contributed by atoms with Crippen LogP contribution in [0.15, 0.2) is 35.4 Å². The molecule has 0 saturated carbocycles. The van der Waals surface area contributed by atoms with E-state index < -0.39 is 0 Å². The Morgan fingerprint density at radius 3 is 2.84 bits per heavy atom. The minimum Gasteiger partial charge on any atom is -0.302 e. The summed E-state index contributed by atoms with van der Waals surface area (Å²) in [6.07, 6.45) is 2.05. The number of hydrogen-bond donors (Lipinski definition) is 0. The van der Waals surface area contributed by atoms with Gasteiger partial charge in [0.1, 0.15) is 0 Å². The van der Waals surface area contributed by atoms with Crippen molar-refractivity contribution in [3.05, 3.63) is 30.3 Å². The molecule has 4 heteroatoms. The van der Waals surface area contributed by atoms with E-state index in [1.54, 1.807) is 5.01 Å². The zero-order chi connectivity index (χ0) is 13.2. The van der Waals surface area contributed by atoms with Crippen molar-refractivity contribution in [1.29, 1.82) is 0 Å². The molecule has 19 heavy (non-hydrogen) atoms. The number of hydrogen-bond acceptors (Lipinski definition) is 3. The molecule has 1 atom stereocenters. The topological polar surface area (TPSA) is 35.9 Å². The minimum absolute atomic E-state index is 0.0273. The van der Waals surface area contributed by atoms with E-state index in [1.165, 1.54) is 0 Å². The van der Waals surface area contributed by atoms with Gasteiger partial charge in [0.2, 0.25) is 0 Å². The molecule has 1 saturated heterocycles. The molecule has 2 aliphatic rings. The Balaban J connectivity index is 1.79. The van der Waals surface area contributed by atoms with Gasteiger partial charge in [0.15, 0.2) is 0 Å². The molecule has 1 aromatic rings. The van der Waals surface area contributed by atoms with Crippen molar-refractivity contribution in [3.8, 4) is 0 Å². The highest BCUT2D eigenvalue weighted by atomic mass is 16.2. The van der Waals surface area contributed by atoms with Crippen LogP contribution in [-0.4, -0.2) is 36.2 Å². The van der Waals surface area contributed by atoms with E-state index in [-0.39, 0.29) is 11.8 Å². The molecule has 2 aliphatic heterocycles. The number of nitrogens with zero attached hydrogens (tertiary/aromatic N) is 3. The molecule has 0 N–H and O–H groups in total. The number of carbonyl (C=O) groups excluding carboxylic acids is 1. The molecule has 1 fully saturated rings. The second kappa shape index (κ2) is 5.13. The Bertz CT molecular complexity index is 497. The summed E-state index contributed by atoms with van der Waals surface area (Å²) >= 11 is 0. The lowest BCUT2D eigenvalue weighted by atomic mass is 9.95. The van der Waals surface area contributed by atoms with E-state index in [1.807, 2.05) is 30.3 Å². The van der Waals surface area contributed by atoms with Crippen LogP contribution in [0.2, 0.25) is 0 Å². The lowest BCUT2D eigenvalue weighted by molar-refractivity contribution is -0.120. The molecule has 4 nitrogen and oxygen atoms in total. The Kier molecular flexibility index (Phi) is 3.34. The average molecular weight is 257 g/mol. The average Bonchev–Trinajstić information content (AvgIpc) is 2.78. The monoisotopic (exact) mass is 257 g/mol. The quantitative estimate of drug-likeness (QED) is 0.831. The normalized spacial score (nSPS) is 23.4. The zero-order valence-corrected chi connectivity index (χ0v) is 11.2. The number of anilines is 1. The van der Waals surface area contributed by atoms with Gasteiger partial charge in [-0.3, -0.25) is 4.79 Å². The summed E-state index contributed by atoms with van der Waals surface area (Å²) in [5.41, 5.74) is 1.93. The molecule has 0 radical (unpaired) electrons. The first-order chi connectivity index (χ1) is 9.29. The second-order valence-corrected chi connectivity index (χ2v) is 5.18. The number of likely N-dealkylation sites (tertiary alicyclic amines) is 1. The Hall–Kier alpha value is -1.68. The second-order valence-electron chi connectivity index (χ2n) is 5.18. The van der Waals surface area contributed by atoms with Crippen molar-refractivity contribution in [2.45, 2.75) is 19.8 Å². The SMILES string of the molecule is CCCN1CCC2=NN(c3ccccc3)C(=O)C2C1. The van der Waals surface area contributed by atoms with Crippen molar-refractivity contribution in [2.75, 3.05) is 24.6 Å². The fourth-order valence-electron chi connectivity index (χ4n) is 2.84. The minimum atomic E-state index is -0.0273. The molecule has 0 aliphatic carbocycles. The molecule has 2 heterocycles. The van der Waals surface area contributed by atoms with E-state index in [0.717, 1.165) is 43.9 Å². The van der Waals surface area contributed by atoms with Gasteiger partial charge in [0.05, 0.1) is 17.3 Å². The van der Waals surface area contributed by atoms with Gasteiger partial charge in [0, 0.05) is 19.5 Å². The predicted molar refractivity (Wildman–Crippen MR) is 76.2 cm³/mol. The first-order valence-corrected chi connectivity index (χ1v) is 6.98. The fourth-order valence-corrected chi connectivity index (χ4v) is 2.84. The predicted octanol–water partition coefficient (Wildman–Crippen LogP) is 2.12. The summed E-state index contributed by atoms with van der Waals surface area (Å²) in [5.74, 6) is 0.0995. The summed E-state index contributed by atoms with van der Waals surface area (Å²) in [4.78, 5) is 14.8. The van der Waals surface area contributed by atoms with E-state index in [4.69, 9.17) is 0 Å². The third-order valence-electron chi connectivity index (χ3n) is 3.80. The first kappa shape index (κ1) is 12.4. The van der Waals surface area contributed by atoms with Crippen molar-refractivity contribution in [1.82, 2.24) is 4.90 Å². The number of benzene rings is 1. The van der Waals surface area contributed by atoms with Crippen molar-refractivity contribution in [3.63, 3.8) is 0 Å². The molecule has 100 valence electrons. The van der Waals surface area contributed by atoms with Crippen LogP contribution >= 0.6 is 0 Å². The van der Waals surface area contributed by atoms with Gasteiger partial charge in [-0.15, -0.1) is 0 Å². The van der Waals surface area contributed by atoms with Gasteiger partial charge in [-0.2, -0.15) is 5.10 Å². The number of para-hydroxylation sites is 1. The van der Waals surface area contributed by atoms with Gasteiger partial charge < -0.3 is 4.90 Å². The van der Waals surface area contributed by atoms with Gasteiger partial charge in [0.25, 0.3) is 5.91 Å². The van der Waals surface area contributed by atoms with Crippen molar-refractivity contribution in [2.24, 2.45) is 11.0 Å². The van der Waals surface area contributed by atoms with Crippen molar-refractivity contribution >= 4 is 17.3 Å². The smallest absolute Gasteiger partial charge is 0.257 e. The van der Waals surface area contributed by atoms with Gasteiger partial charge in [-0.1, -0.05) is 25.1 Å². The lowest BCUT2D eigenvalue weighted by Crippen LogP contribution is -2.43. The molecule has 0 spiro atoms. The molecular weight excluding hydrogens is 238 g/mol. The number of piperidine rings is 1. The Morgan fingerprint density at radius 1 is 1.32 bits per heavy atom. The summed E-state index contributed by atoms with van der Waals surface area (Å²) in [7, 11) is 0. The number of hydrazone groups is 1.